The molecule has 1 unspecified atom stereocenters. The summed E-state index contributed by atoms with van der Waals surface area (Å²) in [4.78, 5) is 31.8. The summed E-state index contributed by atoms with van der Waals surface area (Å²) in [7, 11) is 0. The number of rotatable bonds is 8. The molecule has 1 heterocycles. The van der Waals surface area contributed by atoms with E-state index in [2.05, 4.69) is 25.9 Å². The van der Waals surface area contributed by atoms with Crippen molar-refractivity contribution in [1.29, 1.82) is 5.53 Å². The Labute approximate surface area is 174 Å². The van der Waals surface area contributed by atoms with Crippen LogP contribution in [0.25, 0.3) is 0 Å². The van der Waals surface area contributed by atoms with Crippen LogP contribution < -0.4 is 4.74 Å². The predicted octanol–water partition coefficient (Wildman–Crippen LogP) is 3.25. The third-order valence-electron chi connectivity index (χ3n) is 4.35. The lowest BCUT2D eigenvalue weighted by Crippen LogP contribution is -2.42. The van der Waals surface area contributed by atoms with Gasteiger partial charge in [-0.2, -0.15) is 0 Å². The van der Waals surface area contributed by atoms with Crippen molar-refractivity contribution >= 4 is 39.6 Å². The highest BCUT2D eigenvalue weighted by Gasteiger charge is 2.50. The summed E-state index contributed by atoms with van der Waals surface area (Å²) in [5.41, 5.74) is 7.16. The van der Waals surface area contributed by atoms with Crippen molar-refractivity contribution in [3.05, 3.63) is 64.1 Å². The fraction of sp³-hybridized carbons (Fsp3) is 0.200. The molecule has 0 radical (unpaired) electrons. The quantitative estimate of drug-likeness (QED) is 0.357. The number of Topliss-reactive ketones (excluding diaryl/α,β-unsaturated/α-hetero) is 1. The molecule has 0 aromatic heterocycles. The van der Waals surface area contributed by atoms with Crippen LogP contribution in [0.15, 0.2) is 58.2 Å². The van der Waals surface area contributed by atoms with Gasteiger partial charge < -0.3 is 14.7 Å². The number of ketones is 1. The van der Waals surface area contributed by atoms with Crippen molar-refractivity contribution in [2.75, 3.05) is 0 Å². The van der Waals surface area contributed by atoms with E-state index in [0.29, 0.717) is 28.1 Å². The lowest BCUT2D eigenvalue weighted by molar-refractivity contribution is -0.155. The van der Waals surface area contributed by atoms with Crippen LogP contribution in [0.3, 0.4) is 0 Å². The maximum absolute atomic E-state index is 12.3. The smallest absolute Gasteiger partial charge is 0.377 e. The number of carboxylic acids is 1. The Bertz CT molecular complexity index is 1020. The van der Waals surface area contributed by atoms with E-state index < -0.39 is 23.8 Å². The predicted molar refractivity (Wildman–Crippen MR) is 106 cm³/mol. The number of halogens is 1. The van der Waals surface area contributed by atoms with E-state index in [9.17, 15) is 14.7 Å². The Morgan fingerprint density at radius 1 is 1.31 bits per heavy atom. The number of aliphatic carboxylic acids is 1. The van der Waals surface area contributed by atoms with Gasteiger partial charge in [0.1, 0.15) is 12.4 Å². The summed E-state index contributed by atoms with van der Waals surface area (Å²) in [5, 5.41) is 13.1. The molecule has 0 fully saturated rings. The fourth-order valence-corrected chi connectivity index (χ4v) is 3.39. The van der Waals surface area contributed by atoms with E-state index in [4.69, 9.17) is 15.1 Å². The number of ether oxygens (including phenoxy) is 1. The lowest BCUT2D eigenvalue weighted by atomic mass is 9.87. The first-order valence-corrected chi connectivity index (χ1v) is 9.40. The normalized spacial score (nSPS) is 17.6. The van der Waals surface area contributed by atoms with Crippen molar-refractivity contribution in [3.8, 4) is 5.75 Å². The Morgan fingerprint density at radius 3 is 2.76 bits per heavy atom. The second-order valence-corrected chi connectivity index (χ2v) is 7.26. The highest BCUT2D eigenvalue weighted by molar-refractivity contribution is 9.10. The first kappa shape index (κ1) is 20.4. The number of carbonyl (C=O) groups excluding carboxylic acids is 1. The highest BCUT2D eigenvalue weighted by atomic mass is 79.9. The monoisotopic (exact) mass is 458 g/mol. The first-order chi connectivity index (χ1) is 13.9. The molecular weight excluding hydrogens is 442 g/mol. The van der Waals surface area contributed by atoms with E-state index in [1.54, 1.807) is 18.2 Å². The number of oxime groups is 1. The molecule has 1 aliphatic heterocycles. The van der Waals surface area contributed by atoms with Gasteiger partial charge in [0, 0.05) is 16.5 Å². The van der Waals surface area contributed by atoms with Crippen molar-refractivity contribution < 1.29 is 29.1 Å². The number of carboxylic acid groups (broad SMARTS) is 1. The Morgan fingerprint density at radius 2 is 2.07 bits per heavy atom. The molecule has 0 amide bonds. The zero-order valence-electron chi connectivity index (χ0n) is 15.2. The zero-order chi connectivity index (χ0) is 20.9. The van der Waals surface area contributed by atoms with E-state index >= 15 is 0 Å². The molecule has 1 atom stereocenters. The molecule has 0 spiro atoms. The maximum atomic E-state index is 12.3. The van der Waals surface area contributed by atoms with Gasteiger partial charge >= 0.3 is 12.2 Å². The van der Waals surface area contributed by atoms with Crippen LogP contribution in [0.5, 0.6) is 5.75 Å². The van der Waals surface area contributed by atoms with Crippen LogP contribution in [0.2, 0.25) is 0 Å². The van der Waals surface area contributed by atoms with Gasteiger partial charge in [0.25, 0.3) is 5.78 Å². The molecule has 0 aliphatic carbocycles. The van der Waals surface area contributed by atoms with Crippen molar-refractivity contribution in [1.82, 2.24) is 0 Å². The molecule has 8 nitrogen and oxygen atoms in total. The number of carbonyl (C=O) groups is 2. The second-order valence-electron chi connectivity index (χ2n) is 6.41. The highest BCUT2D eigenvalue weighted by Crippen LogP contribution is 2.34. The van der Waals surface area contributed by atoms with Gasteiger partial charge in [0.05, 0.1) is 22.5 Å². The van der Waals surface area contributed by atoms with Crippen LogP contribution in [-0.2, 0) is 21.0 Å². The Hall–Kier alpha value is -3.29. The van der Waals surface area contributed by atoms with Crippen LogP contribution in [-0.4, -0.2) is 39.2 Å². The summed E-state index contributed by atoms with van der Waals surface area (Å²) >= 11 is 3.44. The maximum Gasteiger partial charge on any atom is 0.377 e. The van der Waals surface area contributed by atoms with Crippen LogP contribution >= 0.6 is 15.9 Å². The van der Waals surface area contributed by atoms with Gasteiger partial charge in [0.2, 0.25) is 5.60 Å². The van der Waals surface area contributed by atoms with Crippen LogP contribution in [0, 0.1) is 5.53 Å². The lowest BCUT2D eigenvalue weighted by Gasteiger charge is -2.19. The molecule has 2 N–H and O–H groups in total. The molecule has 2 aromatic rings. The molecule has 2 aromatic carbocycles. The summed E-state index contributed by atoms with van der Waals surface area (Å²) < 4.78 is 6.52. The van der Waals surface area contributed by atoms with Crippen LogP contribution in [0.1, 0.15) is 24.0 Å². The molecular formula is C20H17BrN3O5+. The van der Waals surface area contributed by atoms with Crippen molar-refractivity contribution in [3.63, 3.8) is 0 Å². The Balaban J connectivity index is 1.82. The topological polar surface area (TPSA) is 123 Å². The average molecular weight is 459 g/mol. The van der Waals surface area contributed by atoms with Gasteiger partial charge in [-0.25, -0.2) is 0 Å². The number of benzene rings is 2. The first-order valence-electron chi connectivity index (χ1n) is 8.61. The SMILES string of the molecule is N=[N+]=CC(=O)C1(CC(=O)O)CC(c2cc(OCc3ccccc3)ccc2Br)=NO1. The minimum absolute atomic E-state index is 0.0646. The second kappa shape index (κ2) is 8.81. The fourth-order valence-electron chi connectivity index (χ4n) is 2.91. The minimum atomic E-state index is -1.72. The summed E-state index contributed by atoms with van der Waals surface area (Å²) in [6.07, 6.45) is 0.0768. The van der Waals surface area contributed by atoms with Gasteiger partial charge in [-0.1, -0.05) is 51.4 Å². The molecule has 0 saturated carbocycles. The molecule has 3 rings (SSSR count). The number of nitrogens with zero attached hydrogens (tertiary/aromatic N) is 2. The zero-order valence-corrected chi connectivity index (χ0v) is 16.8. The van der Waals surface area contributed by atoms with Crippen LogP contribution in [0.4, 0.5) is 0 Å². The van der Waals surface area contributed by atoms with Crippen molar-refractivity contribution in [2.24, 2.45) is 5.16 Å². The molecule has 9 heteroatoms. The number of hydrogen-bond donors (Lipinski definition) is 2. The summed E-state index contributed by atoms with van der Waals surface area (Å²) in [6.45, 7) is 0.381. The number of hydrogen-bond acceptors (Lipinski definition) is 6. The van der Waals surface area contributed by atoms with Gasteiger partial charge in [-0.3, -0.25) is 9.59 Å². The molecule has 29 heavy (non-hydrogen) atoms. The number of nitrogens with one attached hydrogen (secondary N) is 1. The summed E-state index contributed by atoms with van der Waals surface area (Å²) in [5.74, 6) is -1.35. The minimum Gasteiger partial charge on any atom is -0.489 e. The van der Waals surface area contributed by atoms with Gasteiger partial charge in [-0.05, 0) is 23.8 Å². The van der Waals surface area contributed by atoms with Gasteiger partial charge in [0.15, 0.2) is 0 Å². The summed E-state index contributed by atoms with van der Waals surface area (Å²) in [6, 6.07) is 15.0. The van der Waals surface area contributed by atoms with Crippen molar-refractivity contribution in [2.45, 2.75) is 25.0 Å². The third-order valence-corrected chi connectivity index (χ3v) is 5.04. The Kier molecular flexibility index (Phi) is 6.21. The van der Waals surface area contributed by atoms with E-state index in [1.807, 2.05) is 30.3 Å². The van der Waals surface area contributed by atoms with E-state index in [1.165, 1.54) is 0 Å². The van der Waals surface area contributed by atoms with Gasteiger partial charge in [-0.15, -0.1) is 0 Å². The average Bonchev–Trinajstić information content (AvgIpc) is 3.13. The third kappa shape index (κ3) is 4.77. The molecule has 0 bridgehead atoms. The molecule has 148 valence electrons. The largest absolute Gasteiger partial charge is 0.489 e. The molecule has 0 saturated heterocycles. The standard InChI is InChI=1S/C20H16BrN3O5/c21-16-7-6-14(28-12-13-4-2-1-3-5-13)8-15(16)17-9-20(29-24-17,10-19(26)27)18(25)11-23-22/h1-8,11,22H,9-10,12H2/p+1. The van der Waals surface area contributed by atoms with E-state index in [0.717, 1.165) is 11.8 Å². The molecule has 1 aliphatic rings. The van der Waals surface area contributed by atoms with E-state index in [-0.39, 0.29) is 6.42 Å².